The summed E-state index contributed by atoms with van der Waals surface area (Å²) < 4.78 is 54.8. The van der Waals surface area contributed by atoms with Crippen molar-refractivity contribution in [2.24, 2.45) is 0 Å². The van der Waals surface area contributed by atoms with Crippen LogP contribution in [-0.2, 0) is 6.18 Å². The lowest BCUT2D eigenvalue weighted by Gasteiger charge is -2.11. The zero-order valence-electron chi connectivity index (χ0n) is 15.5. The summed E-state index contributed by atoms with van der Waals surface area (Å²) in [7, 11) is 0. The first-order valence-electron chi connectivity index (χ1n) is 8.69. The standard InChI is InChI=1S/C19H15F4N5O2/c1-2-24-17(29)11-5-3-7-13(9-11)25-18(30)15-16(19(21,22)23)28(27-26-15)14-8-4-6-12(20)10-14/h3-10H,2H2,1H3,(H,24,29)(H,25,30). The van der Waals surface area contributed by atoms with Crippen LogP contribution < -0.4 is 10.6 Å². The maximum atomic E-state index is 13.7. The van der Waals surface area contributed by atoms with Crippen molar-refractivity contribution in [2.45, 2.75) is 13.1 Å². The molecule has 3 aromatic rings. The lowest BCUT2D eigenvalue weighted by molar-refractivity contribution is -0.143. The quantitative estimate of drug-likeness (QED) is 0.618. The fraction of sp³-hybridized carbons (Fsp3) is 0.158. The summed E-state index contributed by atoms with van der Waals surface area (Å²) in [6.07, 6.45) is -4.99. The fourth-order valence-electron chi connectivity index (χ4n) is 2.67. The number of nitrogens with one attached hydrogen (secondary N) is 2. The van der Waals surface area contributed by atoms with E-state index >= 15 is 0 Å². The van der Waals surface area contributed by atoms with Gasteiger partial charge in [0.2, 0.25) is 0 Å². The van der Waals surface area contributed by atoms with Crippen molar-refractivity contribution in [3.05, 3.63) is 71.3 Å². The summed E-state index contributed by atoms with van der Waals surface area (Å²) in [6, 6.07) is 9.97. The Hall–Kier alpha value is -3.76. The molecule has 1 heterocycles. The number of nitrogens with zero attached hydrogens (tertiary/aromatic N) is 3. The van der Waals surface area contributed by atoms with Gasteiger partial charge in [0.05, 0.1) is 5.69 Å². The molecule has 0 aliphatic heterocycles. The number of carbonyl (C=O) groups is 2. The molecule has 1 aromatic heterocycles. The Morgan fingerprint density at radius 2 is 1.80 bits per heavy atom. The van der Waals surface area contributed by atoms with Crippen molar-refractivity contribution in [3.63, 3.8) is 0 Å². The van der Waals surface area contributed by atoms with E-state index in [2.05, 4.69) is 20.9 Å². The Morgan fingerprint density at radius 1 is 1.07 bits per heavy atom. The number of benzene rings is 2. The van der Waals surface area contributed by atoms with E-state index in [0.717, 1.165) is 12.1 Å². The van der Waals surface area contributed by atoms with Crippen LogP contribution in [0, 0.1) is 5.82 Å². The SMILES string of the molecule is CCNC(=O)c1cccc(NC(=O)c2nnn(-c3cccc(F)c3)c2C(F)(F)F)c1. The van der Waals surface area contributed by atoms with E-state index < -0.39 is 35.2 Å². The maximum Gasteiger partial charge on any atom is 0.435 e. The van der Waals surface area contributed by atoms with Crippen LogP contribution in [0.25, 0.3) is 5.69 Å². The second-order valence-electron chi connectivity index (χ2n) is 6.07. The lowest BCUT2D eigenvalue weighted by Crippen LogP contribution is -2.23. The van der Waals surface area contributed by atoms with E-state index in [4.69, 9.17) is 0 Å². The molecule has 0 radical (unpaired) electrons. The van der Waals surface area contributed by atoms with Crippen LogP contribution in [0.4, 0.5) is 23.2 Å². The zero-order chi connectivity index (χ0) is 21.9. The minimum Gasteiger partial charge on any atom is -0.352 e. The van der Waals surface area contributed by atoms with Crippen molar-refractivity contribution in [3.8, 4) is 5.69 Å². The van der Waals surface area contributed by atoms with Crippen LogP contribution in [0.2, 0.25) is 0 Å². The number of aromatic nitrogens is 3. The summed E-state index contributed by atoms with van der Waals surface area (Å²) in [4.78, 5) is 24.4. The van der Waals surface area contributed by atoms with Crippen LogP contribution in [0.3, 0.4) is 0 Å². The smallest absolute Gasteiger partial charge is 0.352 e. The van der Waals surface area contributed by atoms with Gasteiger partial charge >= 0.3 is 6.18 Å². The molecule has 156 valence electrons. The van der Waals surface area contributed by atoms with Crippen molar-refractivity contribution < 1.29 is 27.2 Å². The first-order valence-corrected chi connectivity index (χ1v) is 8.69. The number of hydrogen-bond acceptors (Lipinski definition) is 4. The Morgan fingerprint density at radius 3 is 2.47 bits per heavy atom. The van der Waals surface area contributed by atoms with E-state index in [1.165, 1.54) is 36.4 Å². The molecule has 0 atom stereocenters. The van der Waals surface area contributed by atoms with Crippen molar-refractivity contribution in [1.82, 2.24) is 20.3 Å². The average Bonchev–Trinajstić information content (AvgIpc) is 3.14. The van der Waals surface area contributed by atoms with Crippen LogP contribution in [0.5, 0.6) is 0 Å². The summed E-state index contributed by atoms with van der Waals surface area (Å²) in [5, 5.41) is 11.6. The van der Waals surface area contributed by atoms with Gasteiger partial charge in [-0.3, -0.25) is 9.59 Å². The number of halogens is 4. The molecule has 0 spiro atoms. The summed E-state index contributed by atoms with van der Waals surface area (Å²) >= 11 is 0. The molecule has 2 aromatic carbocycles. The van der Waals surface area contributed by atoms with Gasteiger partial charge in [0.25, 0.3) is 11.8 Å². The van der Waals surface area contributed by atoms with Gasteiger partial charge in [-0.2, -0.15) is 13.2 Å². The number of rotatable bonds is 5. The highest BCUT2D eigenvalue weighted by atomic mass is 19.4. The van der Waals surface area contributed by atoms with Crippen LogP contribution in [-0.4, -0.2) is 33.4 Å². The Labute approximate surface area is 167 Å². The Kier molecular flexibility index (Phi) is 5.81. The third-order valence-corrected chi connectivity index (χ3v) is 3.93. The molecule has 0 bridgehead atoms. The van der Waals surface area contributed by atoms with E-state index in [1.54, 1.807) is 6.92 Å². The summed E-state index contributed by atoms with van der Waals surface area (Å²) in [5.41, 5.74) is -2.38. The number of anilines is 1. The highest BCUT2D eigenvalue weighted by Crippen LogP contribution is 2.33. The van der Waals surface area contributed by atoms with E-state index in [9.17, 15) is 27.2 Å². The Balaban J connectivity index is 1.95. The number of alkyl halides is 3. The van der Waals surface area contributed by atoms with Gasteiger partial charge in [0.15, 0.2) is 11.4 Å². The second kappa shape index (κ2) is 8.31. The molecule has 0 unspecified atom stereocenters. The number of carbonyl (C=O) groups excluding carboxylic acids is 2. The maximum absolute atomic E-state index is 13.7. The van der Waals surface area contributed by atoms with Gasteiger partial charge in [-0.15, -0.1) is 5.10 Å². The van der Waals surface area contributed by atoms with Crippen molar-refractivity contribution in [2.75, 3.05) is 11.9 Å². The zero-order valence-corrected chi connectivity index (χ0v) is 15.5. The van der Waals surface area contributed by atoms with Gasteiger partial charge in [0.1, 0.15) is 5.82 Å². The Bertz CT molecular complexity index is 1090. The van der Waals surface area contributed by atoms with Gasteiger partial charge in [-0.25, -0.2) is 9.07 Å². The first kappa shape index (κ1) is 21.0. The number of amides is 2. The van der Waals surface area contributed by atoms with Crippen molar-refractivity contribution in [1.29, 1.82) is 0 Å². The van der Waals surface area contributed by atoms with Crippen LogP contribution in [0.1, 0.15) is 33.5 Å². The molecule has 0 saturated heterocycles. The summed E-state index contributed by atoms with van der Waals surface area (Å²) in [6.45, 7) is 2.11. The minimum absolute atomic E-state index is 0.0946. The summed E-state index contributed by atoms with van der Waals surface area (Å²) in [5.74, 6) is -2.36. The van der Waals surface area contributed by atoms with Crippen LogP contribution in [0.15, 0.2) is 48.5 Å². The van der Waals surface area contributed by atoms with Gasteiger partial charge in [-0.1, -0.05) is 17.3 Å². The third kappa shape index (κ3) is 4.45. The van der Waals surface area contributed by atoms with E-state index in [-0.39, 0.29) is 16.9 Å². The van der Waals surface area contributed by atoms with E-state index in [1.807, 2.05) is 0 Å². The third-order valence-electron chi connectivity index (χ3n) is 3.93. The van der Waals surface area contributed by atoms with Gasteiger partial charge < -0.3 is 10.6 Å². The normalized spacial score (nSPS) is 11.2. The fourth-order valence-corrected chi connectivity index (χ4v) is 2.67. The molecular formula is C19H15F4N5O2. The molecule has 2 amide bonds. The highest BCUT2D eigenvalue weighted by Gasteiger charge is 2.42. The molecule has 0 fully saturated rings. The van der Waals surface area contributed by atoms with Gasteiger partial charge in [-0.05, 0) is 43.3 Å². The molecule has 11 heteroatoms. The molecule has 0 saturated carbocycles. The molecular weight excluding hydrogens is 406 g/mol. The molecule has 7 nitrogen and oxygen atoms in total. The second-order valence-corrected chi connectivity index (χ2v) is 6.07. The predicted molar refractivity (Wildman–Crippen MR) is 98.7 cm³/mol. The predicted octanol–water partition coefficient (Wildman–Crippen LogP) is 3.43. The highest BCUT2D eigenvalue weighted by molar-refractivity contribution is 6.04. The minimum atomic E-state index is -4.99. The lowest BCUT2D eigenvalue weighted by atomic mass is 10.2. The molecule has 3 rings (SSSR count). The topological polar surface area (TPSA) is 88.9 Å². The number of hydrogen-bond donors (Lipinski definition) is 2. The first-order chi connectivity index (χ1) is 14.2. The largest absolute Gasteiger partial charge is 0.435 e. The van der Waals surface area contributed by atoms with Crippen LogP contribution >= 0.6 is 0 Å². The molecule has 0 aliphatic rings. The van der Waals surface area contributed by atoms with E-state index in [0.29, 0.717) is 11.2 Å². The average molecular weight is 421 g/mol. The molecule has 0 aliphatic carbocycles. The molecule has 2 N–H and O–H groups in total. The monoisotopic (exact) mass is 421 g/mol. The van der Waals surface area contributed by atoms with Gasteiger partial charge in [0, 0.05) is 17.8 Å². The molecule has 30 heavy (non-hydrogen) atoms. The van der Waals surface area contributed by atoms with Crippen molar-refractivity contribution >= 4 is 17.5 Å².